The first kappa shape index (κ1) is 18.9. The van der Waals surface area contributed by atoms with E-state index < -0.39 is 23.1 Å². The van der Waals surface area contributed by atoms with Crippen LogP contribution in [-0.4, -0.2) is 34.4 Å². The maximum absolute atomic E-state index is 14.3. The number of aliphatic hydroxyl groups is 1. The molecule has 0 bridgehead atoms. The molecule has 1 amide bonds. The highest BCUT2D eigenvalue weighted by Gasteiger charge is 2.37. The zero-order valence-electron chi connectivity index (χ0n) is 15.0. The Bertz CT molecular complexity index is 1070. The van der Waals surface area contributed by atoms with Gasteiger partial charge >= 0.3 is 0 Å². The van der Waals surface area contributed by atoms with E-state index in [0.717, 1.165) is 18.3 Å². The smallest absolute Gasteiger partial charge is 0.271 e. The second kappa shape index (κ2) is 7.19. The van der Waals surface area contributed by atoms with Crippen LogP contribution in [0.5, 0.6) is 0 Å². The Kier molecular flexibility index (Phi) is 4.69. The lowest BCUT2D eigenvalue weighted by atomic mass is 9.92. The molecule has 4 rings (SSSR count). The molecule has 1 saturated heterocycles. The summed E-state index contributed by atoms with van der Waals surface area (Å²) in [7, 11) is 0. The average molecular weight is 398 g/mol. The van der Waals surface area contributed by atoms with Crippen molar-refractivity contribution in [3.63, 3.8) is 0 Å². The third kappa shape index (κ3) is 3.41. The Balaban J connectivity index is 1.77. The number of nitrogens with two attached hydrogens (primary N) is 1. The van der Waals surface area contributed by atoms with Crippen molar-refractivity contribution >= 4 is 17.3 Å². The highest BCUT2D eigenvalue weighted by atomic mass is 19.1. The van der Waals surface area contributed by atoms with Gasteiger partial charge in [0, 0.05) is 11.3 Å². The van der Waals surface area contributed by atoms with Crippen LogP contribution < -0.4 is 11.1 Å². The summed E-state index contributed by atoms with van der Waals surface area (Å²) in [4.78, 5) is 11.8. The number of amides is 1. The molecule has 1 fully saturated rings. The van der Waals surface area contributed by atoms with E-state index in [4.69, 9.17) is 10.5 Å². The Morgan fingerprint density at radius 2 is 1.79 bits per heavy atom. The van der Waals surface area contributed by atoms with E-state index in [2.05, 4.69) is 15.5 Å². The molecule has 0 aliphatic carbocycles. The monoisotopic (exact) mass is 398 g/mol. The van der Waals surface area contributed by atoms with E-state index in [-0.39, 0.29) is 35.7 Å². The number of aromatic nitrogens is 2. The summed E-state index contributed by atoms with van der Waals surface area (Å²) in [6.45, 7) is 0.410. The lowest BCUT2D eigenvalue weighted by Crippen LogP contribution is -2.46. The van der Waals surface area contributed by atoms with Gasteiger partial charge in [-0.25, -0.2) is 8.78 Å². The number of ether oxygens (including phenoxy) is 1. The van der Waals surface area contributed by atoms with Crippen molar-refractivity contribution in [1.29, 1.82) is 0 Å². The fourth-order valence-corrected chi connectivity index (χ4v) is 3.10. The number of nitrogens with zero attached hydrogens (tertiary/aromatic N) is 2. The predicted molar refractivity (Wildman–Crippen MR) is 100 cm³/mol. The largest absolute Gasteiger partial charge is 0.380 e. The van der Waals surface area contributed by atoms with Crippen LogP contribution in [0.2, 0.25) is 0 Å². The van der Waals surface area contributed by atoms with Crippen LogP contribution in [0.3, 0.4) is 0 Å². The average Bonchev–Trinajstić information content (AvgIpc) is 2.67. The van der Waals surface area contributed by atoms with Crippen LogP contribution in [0.25, 0.3) is 11.1 Å². The van der Waals surface area contributed by atoms with E-state index in [9.17, 15) is 18.7 Å². The second-order valence-electron chi connectivity index (χ2n) is 6.67. The van der Waals surface area contributed by atoms with Gasteiger partial charge in [0.15, 0.2) is 5.69 Å². The van der Waals surface area contributed by atoms with Crippen LogP contribution in [-0.2, 0) is 10.3 Å². The topological polar surface area (TPSA) is 110 Å². The fraction of sp³-hybridized carbons (Fsp3) is 0.150. The third-order valence-electron chi connectivity index (χ3n) is 4.69. The van der Waals surface area contributed by atoms with Crippen LogP contribution in [0.1, 0.15) is 16.1 Å². The molecule has 29 heavy (non-hydrogen) atoms. The molecule has 0 atom stereocenters. The number of benzene rings is 2. The SMILES string of the molecule is NC(=O)c1nncc(-c2c(F)cccc2F)c1Nc1ccc(C2(O)COC2)cc1. The lowest BCUT2D eigenvalue weighted by molar-refractivity contribution is -0.184. The number of hydrogen-bond donors (Lipinski definition) is 3. The summed E-state index contributed by atoms with van der Waals surface area (Å²) in [6, 6.07) is 10.1. The van der Waals surface area contributed by atoms with Gasteiger partial charge in [-0.1, -0.05) is 18.2 Å². The molecule has 0 radical (unpaired) electrons. The van der Waals surface area contributed by atoms with Crippen molar-refractivity contribution < 1.29 is 23.4 Å². The first-order valence-electron chi connectivity index (χ1n) is 8.66. The van der Waals surface area contributed by atoms with Crippen LogP contribution >= 0.6 is 0 Å². The maximum Gasteiger partial charge on any atom is 0.271 e. The number of rotatable bonds is 5. The van der Waals surface area contributed by atoms with Crippen molar-refractivity contribution in [1.82, 2.24) is 10.2 Å². The van der Waals surface area contributed by atoms with Gasteiger partial charge in [-0.15, -0.1) is 5.10 Å². The van der Waals surface area contributed by atoms with Gasteiger partial charge < -0.3 is 20.9 Å². The molecule has 0 unspecified atom stereocenters. The molecule has 1 aromatic heterocycles. The van der Waals surface area contributed by atoms with Crippen molar-refractivity contribution in [2.75, 3.05) is 18.5 Å². The molecule has 9 heteroatoms. The Labute approximate surface area is 164 Å². The highest BCUT2D eigenvalue weighted by Crippen LogP contribution is 2.36. The quantitative estimate of drug-likeness (QED) is 0.609. The van der Waals surface area contributed by atoms with Crippen molar-refractivity contribution in [3.8, 4) is 11.1 Å². The fourth-order valence-electron chi connectivity index (χ4n) is 3.10. The second-order valence-corrected chi connectivity index (χ2v) is 6.67. The van der Waals surface area contributed by atoms with Gasteiger partial charge in [0.1, 0.15) is 17.2 Å². The van der Waals surface area contributed by atoms with Crippen LogP contribution in [0, 0.1) is 11.6 Å². The molecule has 1 aliphatic heterocycles. The minimum atomic E-state index is -1.03. The van der Waals surface area contributed by atoms with Crippen molar-refractivity contribution in [2.45, 2.75) is 5.60 Å². The molecule has 2 aromatic carbocycles. The molecule has 7 nitrogen and oxygen atoms in total. The van der Waals surface area contributed by atoms with Crippen LogP contribution in [0.4, 0.5) is 20.2 Å². The van der Waals surface area contributed by atoms with Crippen molar-refractivity contribution in [3.05, 3.63) is 71.6 Å². The number of carbonyl (C=O) groups excluding carboxylic acids is 1. The van der Waals surface area contributed by atoms with Gasteiger partial charge in [-0.05, 0) is 29.8 Å². The van der Waals surface area contributed by atoms with Gasteiger partial charge in [0.25, 0.3) is 5.91 Å². The lowest BCUT2D eigenvalue weighted by Gasteiger charge is -2.36. The van der Waals surface area contributed by atoms with Gasteiger partial charge in [0.2, 0.25) is 0 Å². The summed E-state index contributed by atoms with van der Waals surface area (Å²) in [6.07, 6.45) is 1.15. The first-order chi connectivity index (χ1) is 13.9. The maximum atomic E-state index is 14.3. The van der Waals surface area contributed by atoms with E-state index >= 15 is 0 Å². The number of primary amides is 1. The number of nitrogens with one attached hydrogen (secondary N) is 1. The highest BCUT2D eigenvalue weighted by molar-refractivity contribution is 6.01. The minimum Gasteiger partial charge on any atom is -0.380 e. The van der Waals surface area contributed by atoms with Gasteiger partial charge in [-0.2, -0.15) is 5.10 Å². The predicted octanol–water partition coefficient (Wildman–Crippen LogP) is 2.48. The summed E-state index contributed by atoms with van der Waals surface area (Å²) in [5.74, 6) is -2.55. The van der Waals surface area contributed by atoms with Crippen molar-refractivity contribution in [2.24, 2.45) is 5.73 Å². The molecule has 4 N–H and O–H groups in total. The first-order valence-corrected chi connectivity index (χ1v) is 8.66. The molecule has 148 valence electrons. The Hall–Kier alpha value is -3.43. The standard InChI is InChI=1S/C20H16F2N4O3/c21-14-2-1-3-15(22)16(14)13-8-24-26-18(19(23)27)17(13)25-12-6-4-11(5-7-12)20(28)9-29-10-20/h1-8,28H,9-10H2,(H2,23,27)(H,24,25). The van der Waals surface area contributed by atoms with E-state index in [1.54, 1.807) is 24.3 Å². The minimum absolute atomic E-state index is 0.000465. The van der Waals surface area contributed by atoms with Crippen LogP contribution in [0.15, 0.2) is 48.7 Å². The zero-order valence-corrected chi connectivity index (χ0v) is 15.0. The van der Waals surface area contributed by atoms with E-state index in [1.807, 2.05) is 0 Å². The third-order valence-corrected chi connectivity index (χ3v) is 4.69. The van der Waals surface area contributed by atoms with E-state index in [1.165, 1.54) is 6.07 Å². The Morgan fingerprint density at radius 3 is 2.34 bits per heavy atom. The Morgan fingerprint density at radius 1 is 1.14 bits per heavy atom. The number of carbonyl (C=O) groups is 1. The molecular formula is C20H16F2N4O3. The number of hydrogen-bond acceptors (Lipinski definition) is 6. The zero-order chi connectivity index (χ0) is 20.6. The molecule has 0 saturated carbocycles. The number of halogens is 2. The van der Waals surface area contributed by atoms with E-state index in [0.29, 0.717) is 11.3 Å². The molecule has 2 heterocycles. The molecule has 0 spiro atoms. The van der Waals surface area contributed by atoms with Gasteiger partial charge in [0.05, 0.1) is 30.7 Å². The number of anilines is 2. The molecular weight excluding hydrogens is 382 g/mol. The summed E-state index contributed by atoms with van der Waals surface area (Å²) in [5, 5.41) is 20.6. The summed E-state index contributed by atoms with van der Waals surface area (Å²) < 4.78 is 33.7. The summed E-state index contributed by atoms with van der Waals surface area (Å²) in [5.41, 5.74) is 4.91. The molecule has 1 aliphatic rings. The van der Waals surface area contributed by atoms with Gasteiger partial charge in [-0.3, -0.25) is 4.79 Å². The summed E-state index contributed by atoms with van der Waals surface area (Å²) >= 11 is 0. The normalized spacial score (nSPS) is 14.9. The molecule has 3 aromatic rings.